The molecule has 1 aliphatic carbocycles. The Morgan fingerprint density at radius 2 is 2.11 bits per heavy atom. The first-order valence-electron chi connectivity index (χ1n) is 6.50. The van der Waals surface area contributed by atoms with Crippen molar-refractivity contribution in [3.8, 4) is 0 Å². The largest absolute Gasteiger partial charge is 0.332 e. The summed E-state index contributed by atoms with van der Waals surface area (Å²) in [6.07, 6.45) is 5.19. The number of anilines is 1. The number of thiocarbonyl (C=S) groups is 1. The Morgan fingerprint density at radius 1 is 1.37 bits per heavy atom. The molecule has 19 heavy (non-hydrogen) atoms. The van der Waals surface area contributed by atoms with Gasteiger partial charge in [0.15, 0.2) is 5.11 Å². The second-order valence-electron chi connectivity index (χ2n) is 4.87. The van der Waals surface area contributed by atoms with E-state index in [0.29, 0.717) is 18.0 Å². The molecule has 0 bridgehead atoms. The fourth-order valence-corrected chi connectivity index (χ4v) is 2.61. The molecule has 2 N–H and O–H groups in total. The number of hydrogen-bond donors (Lipinski definition) is 2. The zero-order chi connectivity index (χ0) is 13.7. The van der Waals surface area contributed by atoms with Gasteiger partial charge in [0.25, 0.3) is 0 Å². The van der Waals surface area contributed by atoms with Gasteiger partial charge in [0.1, 0.15) is 5.82 Å². The molecule has 0 atom stereocenters. The lowest BCUT2D eigenvalue weighted by Gasteiger charge is -2.11. The van der Waals surface area contributed by atoms with Crippen LogP contribution in [0.25, 0.3) is 0 Å². The van der Waals surface area contributed by atoms with Crippen molar-refractivity contribution in [2.75, 3.05) is 5.32 Å². The summed E-state index contributed by atoms with van der Waals surface area (Å²) < 4.78 is 13.0. The van der Waals surface area contributed by atoms with Crippen LogP contribution in [0.1, 0.15) is 32.1 Å². The minimum Gasteiger partial charge on any atom is -0.332 e. The molecule has 0 aromatic heterocycles. The van der Waals surface area contributed by atoms with Gasteiger partial charge in [0.2, 0.25) is 5.91 Å². The highest BCUT2D eigenvalue weighted by atomic mass is 32.1. The number of amides is 1. The molecule has 1 aliphatic rings. The van der Waals surface area contributed by atoms with E-state index in [1.807, 2.05) is 0 Å². The molecule has 0 aliphatic heterocycles. The van der Waals surface area contributed by atoms with Gasteiger partial charge in [-0.2, -0.15) is 0 Å². The summed E-state index contributed by atoms with van der Waals surface area (Å²) in [5, 5.41) is 5.65. The first kappa shape index (κ1) is 13.9. The Labute approximate surface area is 117 Å². The van der Waals surface area contributed by atoms with E-state index in [0.717, 1.165) is 12.8 Å². The minimum atomic E-state index is -0.343. The minimum absolute atomic E-state index is 0.0687. The molecule has 0 spiro atoms. The lowest BCUT2D eigenvalue weighted by Crippen LogP contribution is -2.34. The number of carbonyl (C=O) groups excluding carboxylic acids is 1. The maximum atomic E-state index is 13.0. The molecule has 5 heteroatoms. The van der Waals surface area contributed by atoms with Gasteiger partial charge in [-0.25, -0.2) is 4.39 Å². The summed E-state index contributed by atoms with van der Waals surface area (Å²) in [4.78, 5) is 11.8. The Morgan fingerprint density at radius 3 is 2.79 bits per heavy atom. The zero-order valence-electron chi connectivity index (χ0n) is 10.6. The van der Waals surface area contributed by atoms with Gasteiger partial charge in [-0.05, 0) is 49.2 Å². The van der Waals surface area contributed by atoms with Crippen molar-refractivity contribution in [2.24, 2.45) is 5.92 Å². The predicted molar refractivity (Wildman–Crippen MR) is 77.3 cm³/mol. The Hall–Kier alpha value is -1.49. The van der Waals surface area contributed by atoms with Crippen LogP contribution in [-0.4, -0.2) is 11.0 Å². The van der Waals surface area contributed by atoms with Crippen LogP contribution in [0.5, 0.6) is 0 Å². The first-order valence-corrected chi connectivity index (χ1v) is 6.91. The number of carbonyl (C=O) groups is 1. The number of hydrogen-bond acceptors (Lipinski definition) is 2. The highest BCUT2D eigenvalue weighted by Crippen LogP contribution is 2.27. The average Bonchev–Trinajstić information content (AvgIpc) is 2.81. The average molecular weight is 280 g/mol. The van der Waals surface area contributed by atoms with Crippen molar-refractivity contribution in [3.05, 3.63) is 30.1 Å². The van der Waals surface area contributed by atoms with Crippen LogP contribution in [-0.2, 0) is 4.79 Å². The lowest BCUT2D eigenvalue weighted by molar-refractivity contribution is -0.120. The third-order valence-corrected chi connectivity index (χ3v) is 3.49. The van der Waals surface area contributed by atoms with E-state index in [1.165, 1.54) is 25.0 Å². The van der Waals surface area contributed by atoms with Crippen LogP contribution in [0.2, 0.25) is 0 Å². The van der Waals surface area contributed by atoms with E-state index in [-0.39, 0.29) is 16.8 Å². The van der Waals surface area contributed by atoms with Crippen LogP contribution in [0.15, 0.2) is 24.3 Å². The molecule has 3 nitrogen and oxygen atoms in total. The van der Waals surface area contributed by atoms with Gasteiger partial charge in [-0.3, -0.25) is 4.79 Å². The molecule has 0 saturated heterocycles. The van der Waals surface area contributed by atoms with Crippen molar-refractivity contribution in [2.45, 2.75) is 32.1 Å². The molecular weight excluding hydrogens is 263 g/mol. The summed E-state index contributed by atoms with van der Waals surface area (Å²) >= 11 is 5.03. The summed E-state index contributed by atoms with van der Waals surface area (Å²) in [5.41, 5.74) is 0.533. The van der Waals surface area contributed by atoms with Gasteiger partial charge in [0.05, 0.1) is 0 Å². The number of benzene rings is 1. The van der Waals surface area contributed by atoms with E-state index in [4.69, 9.17) is 12.2 Å². The third-order valence-electron chi connectivity index (χ3n) is 3.28. The van der Waals surface area contributed by atoms with Crippen molar-refractivity contribution in [1.29, 1.82) is 0 Å². The fourth-order valence-electron chi connectivity index (χ4n) is 2.38. The van der Waals surface area contributed by atoms with E-state index in [1.54, 1.807) is 12.1 Å². The summed E-state index contributed by atoms with van der Waals surface area (Å²) in [6, 6.07) is 5.96. The second-order valence-corrected chi connectivity index (χ2v) is 5.28. The van der Waals surface area contributed by atoms with Gasteiger partial charge in [-0.1, -0.05) is 18.9 Å². The third kappa shape index (κ3) is 4.59. The van der Waals surface area contributed by atoms with E-state index in [9.17, 15) is 9.18 Å². The van der Waals surface area contributed by atoms with Crippen molar-refractivity contribution < 1.29 is 9.18 Å². The smallest absolute Gasteiger partial charge is 0.226 e. The van der Waals surface area contributed by atoms with Crippen LogP contribution in [0.3, 0.4) is 0 Å². The predicted octanol–water partition coefficient (Wildman–Crippen LogP) is 3.22. The van der Waals surface area contributed by atoms with Gasteiger partial charge < -0.3 is 10.6 Å². The zero-order valence-corrected chi connectivity index (χ0v) is 11.4. The highest BCUT2D eigenvalue weighted by Gasteiger charge is 2.18. The second kappa shape index (κ2) is 6.61. The molecular formula is C14H17FN2OS. The molecule has 2 rings (SSSR count). The Bertz CT molecular complexity index is 472. The maximum Gasteiger partial charge on any atom is 0.226 e. The molecule has 0 heterocycles. The van der Waals surface area contributed by atoms with Crippen LogP contribution < -0.4 is 10.6 Å². The topological polar surface area (TPSA) is 41.1 Å². The fraction of sp³-hybridized carbons (Fsp3) is 0.429. The molecule has 1 amide bonds. The maximum absolute atomic E-state index is 13.0. The SMILES string of the molecule is O=C(CC1CCCC1)NC(=S)Nc1cccc(F)c1. The van der Waals surface area contributed by atoms with Gasteiger partial charge >= 0.3 is 0 Å². The molecule has 1 fully saturated rings. The normalized spacial score (nSPS) is 15.2. The Balaban J connectivity index is 1.78. The molecule has 0 radical (unpaired) electrons. The molecule has 1 saturated carbocycles. The summed E-state index contributed by atoms with van der Waals surface area (Å²) in [5.74, 6) is 0.0721. The lowest BCUT2D eigenvalue weighted by atomic mass is 10.0. The van der Waals surface area contributed by atoms with E-state index < -0.39 is 0 Å². The summed E-state index contributed by atoms with van der Waals surface area (Å²) in [6.45, 7) is 0. The van der Waals surface area contributed by atoms with Crippen LogP contribution >= 0.6 is 12.2 Å². The van der Waals surface area contributed by atoms with Gasteiger partial charge in [0, 0.05) is 12.1 Å². The molecule has 102 valence electrons. The highest BCUT2D eigenvalue weighted by molar-refractivity contribution is 7.80. The van der Waals surface area contributed by atoms with Crippen molar-refractivity contribution in [1.82, 2.24) is 5.32 Å². The first-order chi connectivity index (χ1) is 9.13. The van der Waals surface area contributed by atoms with Gasteiger partial charge in [-0.15, -0.1) is 0 Å². The standard InChI is InChI=1S/C14H17FN2OS/c15-11-6-3-7-12(9-11)16-14(19)17-13(18)8-10-4-1-2-5-10/h3,6-7,9-10H,1-2,4-5,8H2,(H2,16,17,18,19). The molecule has 1 aromatic carbocycles. The number of halogens is 1. The van der Waals surface area contributed by atoms with Crippen LogP contribution in [0.4, 0.5) is 10.1 Å². The molecule has 0 unspecified atom stereocenters. The van der Waals surface area contributed by atoms with Crippen molar-refractivity contribution >= 4 is 28.9 Å². The quantitative estimate of drug-likeness (QED) is 0.835. The van der Waals surface area contributed by atoms with Crippen LogP contribution in [0, 0.1) is 11.7 Å². The number of nitrogens with one attached hydrogen (secondary N) is 2. The number of rotatable bonds is 3. The van der Waals surface area contributed by atoms with E-state index in [2.05, 4.69) is 10.6 Å². The summed E-state index contributed by atoms with van der Waals surface area (Å²) in [7, 11) is 0. The molecule has 1 aromatic rings. The Kier molecular flexibility index (Phi) is 4.85. The van der Waals surface area contributed by atoms with Crippen molar-refractivity contribution in [3.63, 3.8) is 0 Å². The monoisotopic (exact) mass is 280 g/mol. The van der Waals surface area contributed by atoms with E-state index >= 15 is 0 Å².